The number of benzene rings is 1. The first kappa shape index (κ1) is 13.7. The van der Waals surface area contributed by atoms with Gasteiger partial charge in [0.25, 0.3) is 0 Å². The number of halogens is 1. The first-order valence-electron chi connectivity index (χ1n) is 6.47. The van der Waals surface area contributed by atoms with Crippen LogP contribution >= 0.6 is 11.6 Å². The van der Waals surface area contributed by atoms with Gasteiger partial charge in [-0.2, -0.15) is 0 Å². The average molecular weight is 269 g/mol. The Morgan fingerprint density at radius 2 is 2.06 bits per heavy atom. The molecule has 0 aliphatic carbocycles. The van der Waals surface area contributed by atoms with E-state index in [1.807, 2.05) is 19.1 Å². The second kappa shape index (κ2) is 6.41. The topological polar surface area (TPSA) is 24.5 Å². The van der Waals surface area contributed by atoms with E-state index in [4.69, 9.17) is 16.3 Å². The fourth-order valence-electron chi connectivity index (χ4n) is 2.49. The van der Waals surface area contributed by atoms with Crippen LogP contribution in [-0.2, 0) is 6.42 Å². The zero-order valence-corrected chi connectivity index (χ0v) is 11.9. The van der Waals surface area contributed by atoms with Crippen molar-refractivity contribution in [3.63, 3.8) is 0 Å². The van der Waals surface area contributed by atoms with Crippen LogP contribution in [0.1, 0.15) is 11.1 Å². The molecule has 0 unspecified atom stereocenters. The molecule has 1 aromatic rings. The maximum atomic E-state index is 6.12. The molecule has 4 heteroatoms. The van der Waals surface area contributed by atoms with E-state index in [1.54, 1.807) is 7.11 Å². The van der Waals surface area contributed by atoms with Crippen molar-refractivity contribution in [3.8, 4) is 5.75 Å². The van der Waals surface area contributed by atoms with E-state index in [1.165, 1.54) is 5.56 Å². The predicted octanol–water partition coefficient (Wildman–Crippen LogP) is 2.10. The van der Waals surface area contributed by atoms with E-state index in [0.717, 1.165) is 55.5 Å². The molecule has 0 spiro atoms. The molecule has 1 aromatic carbocycles. The molecule has 1 heterocycles. The van der Waals surface area contributed by atoms with Crippen molar-refractivity contribution in [2.45, 2.75) is 13.3 Å². The second-order valence-corrected chi connectivity index (χ2v) is 5.19. The van der Waals surface area contributed by atoms with Gasteiger partial charge in [-0.15, -0.1) is 0 Å². The van der Waals surface area contributed by atoms with Crippen LogP contribution in [0.4, 0.5) is 0 Å². The SMILES string of the molecule is COc1c(C)cc(Cl)cc1CCN1CCNCC1. The summed E-state index contributed by atoms with van der Waals surface area (Å²) in [5, 5.41) is 4.16. The van der Waals surface area contributed by atoms with Crippen molar-refractivity contribution in [1.82, 2.24) is 10.2 Å². The number of nitrogens with zero attached hydrogens (tertiary/aromatic N) is 1. The lowest BCUT2D eigenvalue weighted by atomic mass is 10.1. The average Bonchev–Trinajstić information content (AvgIpc) is 2.37. The van der Waals surface area contributed by atoms with Gasteiger partial charge in [0.1, 0.15) is 5.75 Å². The summed E-state index contributed by atoms with van der Waals surface area (Å²) in [6.07, 6.45) is 0.991. The molecule has 0 aromatic heterocycles. The highest BCUT2D eigenvalue weighted by Gasteiger charge is 2.12. The molecule has 0 bridgehead atoms. The summed E-state index contributed by atoms with van der Waals surface area (Å²) >= 11 is 6.12. The molecule has 1 fully saturated rings. The molecule has 100 valence electrons. The van der Waals surface area contributed by atoms with Gasteiger partial charge in [0.15, 0.2) is 0 Å². The van der Waals surface area contributed by atoms with Gasteiger partial charge < -0.3 is 15.0 Å². The number of piperazine rings is 1. The summed E-state index contributed by atoms with van der Waals surface area (Å²) in [6, 6.07) is 3.98. The third-order valence-corrected chi connectivity index (χ3v) is 3.65. The summed E-state index contributed by atoms with van der Waals surface area (Å²) in [6.45, 7) is 7.54. The third-order valence-electron chi connectivity index (χ3n) is 3.43. The number of methoxy groups -OCH3 is 1. The molecule has 1 aliphatic rings. The van der Waals surface area contributed by atoms with Gasteiger partial charge in [-0.1, -0.05) is 11.6 Å². The van der Waals surface area contributed by atoms with Crippen LogP contribution in [0, 0.1) is 6.92 Å². The summed E-state index contributed by atoms with van der Waals surface area (Å²) in [5.41, 5.74) is 2.32. The number of nitrogens with one attached hydrogen (secondary N) is 1. The van der Waals surface area contributed by atoms with Crippen LogP contribution in [0.3, 0.4) is 0 Å². The van der Waals surface area contributed by atoms with E-state index in [9.17, 15) is 0 Å². The van der Waals surface area contributed by atoms with Crippen LogP contribution in [0.5, 0.6) is 5.75 Å². The van der Waals surface area contributed by atoms with Crippen LogP contribution < -0.4 is 10.1 Å². The Balaban J connectivity index is 2.03. The van der Waals surface area contributed by atoms with Crippen LogP contribution in [0.2, 0.25) is 5.02 Å². The second-order valence-electron chi connectivity index (χ2n) is 4.76. The van der Waals surface area contributed by atoms with E-state index >= 15 is 0 Å². The molecular formula is C14H21ClN2O. The lowest BCUT2D eigenvalue weighted by molar-refractivity contribution is 0.243. The molecule has 1 N–H and O–H groups in total. The Hall–Kier alpha value is -0.770. The largest absolute Gasteiger partial charge is 0.496 e. The standard InChI is InChI=1S/C14H21ClN2O/c1-11-9-13(15)10-12(14(11)18-2)3-6-17-7-4-16-5-8-17/h9-10,16H,3-8H2,1-2H3. The van der Waals surface area contributed by atoms with Crippen molar-refractivity contribution >= 4 is 11.6 Å². The smallest absolute Gasteiger partial charge is 0.125 e. The lowest BCUT2D eigenvalue weighted by Crippen LogP contribution is -2.44. The van der Waals surface area contributed by atoms with Crippen LogP contribution in [-0.4, -0.2) is 44.7 Å². The molecule has 0 radical (unpaired) electrons. The van der Waals surface area contributed by atoms with Gasteiger partial charge in [0.2, 0.25) is 0 Å². The van der Waals surface area contributed by atoms with Gasteiger partial charge in [-0.3, -0.25) is 0 Å². The summed E-state index contributed by atoms with van der Waals surface area (Å²) in [4.78, 5) is 2.48. The maximum absolute atomic E-state index is 6.12. The summed E-state index contributed by atoms with van der Waals surface area (Å²) in [7, 11) is 1.73. The zero-order valence-electron chi connectivity index (χ0n) is 11.1. The van der Waals surface area contributed by atoms with Crippen molar-refractivity contribution in [2.75, 3.05) is 39.8 Å². The van der Waals surface area contributed by atoms with E-state index in [2.05, 4.69) is 10.2 Å². The highest BCUT2D eigenvalue weighted by Crippen LogP contribution is 2.28. The van der Waals surface area contributed by atoms with Gasteiger partial charge in [-0.25, -0.2) is 0 Å². The monoisotopic (exact) mass is 268 g/mol. The predicted molar refractivity (Wildman–Crippen MR) is 75.8 cm³/mol. The highest BCUT2D eigenvalue weighted by atomic mass is 35.5. The highest BCUT2D eigenvalue weighted by molar-refractivity contribution is 6.30. The first-order valence-corrected chi connectivity index (χ1v) is 6.84. The normalized spacial score (nSPS) is 16.8. The van der Waals surface area contributed by atoms with Crippen LogP contribution in [0.25, 0.3) is 0 Å². The summed E-state index contributed by atoms with van der Waals surface area (Å²) in [5.74, 6) is 0.981. The Kier molecular flexibility index (Phi) is 4.87. The first-order chi connectivity index (χ1) is 8.70. The van der Waals surface area contributed by atoms with Gasteiger partial charge in [0, 0.05) is 37.7 Å². The third kappa shape index (κ3) is 3.37. The van der Waals surface area contributed by atoms with Gasteiger partial charge in [-0.05, 0) is 36.6 Å². The zero-order chi connectivity index (χ0) is 13.0. The molecule has 1 saturated heterocycles. The molecular weight excluding hydrogens is 248 g/mol. The fraction of sp³-hybridized carbons (Fsp3) is 0.571. The number of ether oxygens (including phenoxy) is 1. The number of hydrogen-bond acceptors (Lipinski definition) is 3. The minimum Gasteiger partial charge on any atom is -0.496 e. The van der Waals surface area contributed by atoms with E-state index < -0.39 is 0 Å². The number of rotatable bonds is 4. The molecule has 0 saturated carbocycles. The van der Waals surface area contributed by atoms with Crippen molar-refractivity contribution < 1.29 is 4.74 Å². The molecule has 18 heavy (non-hydrogen) atoms. The lowest BCUT2D eigenvalue weighted by Gasteiger charge is -2.27. The van der Waals surface area contributed by atoms with Crippen LogP contribution in [0.15, 0.2) is 12.1 Å². The summed E-state index contributed by atoms with van der Waals surface area (Å²) < 4.78 is 5.48. The molecule has 0 atom stereocenters. The quantitative estimate of drug-likeness (QED) is 0.905. The minimum absolute atomic E-state index is 0.795. The Morgan fingerprint density at radius 1 is 1.33 bits per heavy atom. The van der Waals surface area contributed by atoms with Gasteiger partial charge in [0.05, 0.1) is 7.11 Å². The van der Waals surface area contributed by atoms with Crippen molar-refractivity contribution in [1.29, 1.82) is 0 Å². The Morgan fingerprint density at radius 3 is 2.72 bits per heavy atom. The van der Waals surface area contributed by atoms with Gasteiger partial charge >= 0.3 is 0 Å². The maximum Gasteiger partial charge on any atom is 0.125 e. The number of hydrogen-bond donors (Lipinski definition) is 1. The van der Waals surface area contributed by atoms with Crippen molar-refractivity contribution in [3.05, 3.63) is 28.3 Å². The molecule has 3 nitrogen and oxygen atoms in total. The van der Waals surface area contributed by atoms with Crippen molar-refractivity contribution in [2.24, 2.45) is 0 Å². The molecule has 1 aliphatic heterocycles. The molecule has 0 amide bonds. The Labute approximate surface area is 114 Å². The molecule has 2 rings (SSSR count). The number of aryl methyl sites for hydroxylation is 1. The fourth-order valence-corrected chi connectivity index (χ4v) is 2.79. The Bertz CT molecular complexity index is 403. The minimum atomic E-state index is 0.795. The van der Waals surface area contributed by atoms with E-state index in [0.29, 0.717) is 0 Å². The van der Waals surface area contributed by atoms with E-state index in [-0.39, 0.29) is 0 Å².